The summed E-state index contributed by atoms with van der Waals surface area (Å²) >= 11 is 5.08. The Bertz CT molecular complexity index is 889. The third kappa shape index (κ3) is 3.76. The van der Waals surface area contributed by atoms with E-state index in [1.807, 2.05) is 36.4 Å². The number of benzene rings is 2. The van der Waals surface area contributed by atoms with Gasteiger partial charge in [0.25, 0.3) is 5.91 Å². The lowest BCUT2D eigenvalue weighted by Crippen LogP contribution is -2.28. The number of ether oxygens (including phenoxy) is 1. The number of fused-ring (bicyclic) bond motifs is 1. The molecule has 0 saturated carbocycles. The maximum absolute atomic E-state index is 12.0. The normalized spacial score (nSPS) is 10.4. The first-order chi connectivity index (χ1) is 11.2. The standard InChI is InChI=1S/C18H16N2O2S/c21-17(16-6-3-9-20-18(16)23)19-10-11-22-15-8-7-13-4-1-2-5-14(13)12-15/h1-9,12H,10-11H2,(H,19,21)(H,20,23). The van der Waals surface area contributed by atoms with Crippen LogP contribution in [0.5, 0.6) is 5.75 Å². The van der Waals surface area contributed by atoms with Gasteiger partial charge in [0.05, 0.1) is 12.1 Å². The lowest BCUT2D eigenvalue weighted by molar-refractivity contribution is 0.0946. The second-order valence-electron chi connectivity index (χ2n) is 5.03. The first kappa shape index (κ1) is 15.2. The van der Waals surface area contributed by atoms with E-state index in [1.165, 1.54) is 5.39 Å². The Morgan fingerprint density at radius 3 is 2.74 bits per heavy atom. The molecule has 116 valence electrons. The molecule has 0 fully saturated rings. The fourth-order valence-corrected chi connectivity index (χ4v) is 2.52. The molecule has 0 radical (unpaired) electrons. The highest BCUT2D eigenvalue weighted by Gasteiger charge is 2.06. The number of pyridine rings is 1. The van der Waals surface area contributed by atoms with Crippen molar-refractivity contribution in [3.05, 3.63) is 71.0 Å². The molecular formula is C18H16N2O2S. The van der Waals surface area contributed by atoms with Crippen molar-refractivity contribution >= 4 is 28.9 Å². The van der Waals surface area contributed by atoms with Crippen molar-refractivity contribution in [2.75, 3.05) is 13.2 Å². The Hall–Kier alpha value is -2.66. The van der Waals surface area contributed by atoms with E-state index in [9.17, 15) is 4.79 Å². The van der Waals surface area contributed by atoms with E-state index in [4.69, 9.17) is 17.0 Å². The predicted molar refractivity (Wildman–Crippen MR) is 93.4 cm³/mol. The lowest BCUT2D eigenvalue weighted by Gasteiger charge is -2.08. The van der Waals surface area contributed by atoms with Gasteiger partial charge in [-0.15, -0.1) is 0 Å². The summed E-state index contributed by atoms with van der Waals surface area (Å²) in [5, 5.41) is 5.10. The number of hydrogen-bond acceptors (Lipinski definition) is 3. The Balaban J connectivity index is 1.54. The highest BCUT2D eigenvalue weighted by atomic mass is 32.1. The zero-order valence-electron chi connectivity index (χ0n) is 12.4. The minimum absolute atomic E-state index is 0.200. The molecule has 1 aromatic heterocycles. The minimum Gasteiger partial charge on any atom is -0.492 e. The van der Waals surface area contributed by atoms with Crippen molar-refractivity contribution in [1.82, 2.24) is 10.3 Å². The van der Waals surface area contributed by atoms with Crippen LogP contribution in [0, 0.1) is 4.64 Å². The monoisotopic (exact) mass is 324 g/mol. The number of rotatable bonds is 5. The molecule has 0 aliphatic heterocycles. The van der Waals surface area contributed by atoms with Crippen molar-refractivity contribution < 1.29 is 9.53 Å². The second kappa shape index (κ2) is 7.07. The Kier molecular flexibility index (Phi) is 4.68. The van der Waals surface area contributed by atoms with Crippen molar-refractivity contribution in [3.8, 4) is 5.75 Å². The molecule has 5 heteroatoms. The van der Waals surface area contributed by atoms with Crippen LogP contribution in [0.2, 0.25) is 0 Å². The summed E-state index contributed by atoms with van der Waals surface area (Å²) in [6.07, 6.45) is 1.70. The van der Waals surface area contributed by atoms with E-state index < -0.39 is 0 Å². The molecule has 1 amide bonds. The van der Waals surface area contributed by atoms with Crippen LogP contribution < -0.4 is 10.1 Å². The van der Waals surface area contributed by atoms with Gasteiger partial charge in [-0.2, -0.15) is 0 Å². The number of aromatic nitrogens is 1. The van der Waals surface area contributed by atoms with Gasteiger partial charge in [-0.05, 0) is 35.0 Å². The third-order valence-corrected chi connectivity index (χ3v) is 3.78. The summed E-state index contributed by atoms with van der Waals surface area (Å²) < 4.78 is 6.11. The van der Waals surface area contributed by atoms with Gasteiger partial charge >= 0.3 is 0 Å². The molecule has 2 N–H and O–H groups in total. The Morgan fingerprint density at radius 1 is 1.09 bits per heavy atom. The number of aromatic amines is 1. The first-order valence-electron chi connectivity index (χ1n) is 7.31. The highest BCUT2D eigenvalue weighted by molar-refractivity contribution is 7.71. The van der Waals surface area contributed by atoms with E-state index in [0.29, 0.717) is 23.4 Å². The smallest absolute Gasteiger partial charge is 0.254 e. The van der Waals surface area contributed by atoms with Crippen LogP contribution in [0.3, 0.4) is 0 Å². The Morgan fingerprint density at radius 2 is 1.91 bits per heavy atom. The molecule has 0 spiro atoms. The molecule has 23 heavy (non-hydrogen) atoms. The molecule has 0 unspecified atom stereocenters. The van der Waals surface area contributed by atoms with Gasteiger partial charge in [0.2, 0.25) is 0 Å². The van der Waals surface area contributed by atoms with Gasteiger partial charge in [0.15, 0.2) is 0 Å². The number of amides is 1. The van der Waals surface area contributed by atoms with E-state index in [1.54, 1.807) is 18.3 Å². The average molecular weight is 324 g/mol. The van der Waals surface area contributed by atoms with E-state index >= 15 is 0 Å². The van der Waals surface area contributed by atoms with Crippen LogP contribution in [-0.2, 0) is 0 Å². The van der Waals surface area contributed by atoms with Gasteiger partial charge in [0, 0.05) is 6.20 Å². The van der Waals surface area contributed by atoms with Gasteiger partial charge in [-0.25, -0.2) is 0 Å². The van der Waals surface area contributed by atoms with Crippen LogP contribution >= 0.6 is 12.2 Å². The van der Waals surface area contributed by atoms with Crippen LogP contribution in [0.15, 0.2) is 60.8 Å². The summed E-state index contributed by atoms with van der Waals surface area (Å²) in [6, 6.07) is 17.5. The number of carbonyl (C=O) groups excluding carboxylic acids is 1. The summed E-state index contributed by atoms with van der Waals surface area (Å²) in [5.74, 6) is 0.587. The molecule has 0 aliphatic carbocycles. The van der Waals surface area contributed by atoms with Crippen molar-refractivity contribution in [3.63, 3.8) is 0 Å². The molecule has 0 bridgehead atoms. The molecule has 3 aromatic rings. The summed E-state index contributed by atoms with van der Waals surface area (Å²) in [7, 11) is 0. The highest BCUT2D eigenvalue weighted by Crippen LogP contribution is 2.20. The number of H-pyrrole nitrogens is 1. The van der Waals surface area contributed by atoms with Gasteiger partial charge < -0.3 is 15.0 Å². The van der Waals surface area contributed by atoms with Gasteiger partial charge in [-0.3, -0.25) is 4.79 Å². The Labute approximate surface area is 139 Å². The van der Waals surface area contributed by atoms with Crippen LogP contribution in [0.25, 0.3) is 10.8 Å². The fourth-order valence-electron chi connectivity index (χ4n) is 2.29. The third-order valence-electron chi connectivity index (χ3n) is 3.44. The van der Waals surface area contributed by atoms with Gasteiger partial charge in [-0.1, -0.05) is 42.5 Å². The molecule has 0 atom stereocenters. The summed E-state index contributed by atoms with van der Waals surface area (Å²) in [4.78, 5) is 14.8. The number of hydrogen-bond donors (Lipinski definition) is 2. The van der Waals surface area contributed by atoms with Crippen molar-refractivity contribution in [2.24, 2.45) is 0 Å². The minimum atomic E-state index is -0.200. The molecular weight excluding hydrogens is 308 g/mol. The maximum atomic E-state index is 12.0. The molecule has 2 aromatic carbocycles. The first-order valence-corrected chi connectivity index (χ1v) is 7.72. The van der Waals surface area contributed by atoms with Crippen molar-refractivity contribution in [2.45, 2.75) is 0 Å². The number of carbonyl (C=O) groups is 1. The lowest BCUT2D eigenvalue weighted by atomic mass is 10.1. The van der Waals surface area contributed by atoms with Crippen LogP contribution in [0.1, 0.15) is 10.4 Å². The zero-order valence-corrected chi connectivity index (χ0v) is 13.2. The van der Waals surface area contributed by atoms with Crippen molar-refractivity contribution in [1.29, 1.82) is 0 Å². The summed E-state index contributed by atoms with van der Waals surface area (Å²) in [6.45, 7) is 0.808. The van der Waals surface area contributed by atoms with E-state index in [2.05, 4.69) is 16.4 Å². The predicted octanol–water partition coefficient (Wildman–Crippen LogP) is 3.71. The average Bonchev–Trinajstić information content (AvgIpc) is 2.59. The largest absolute Gasteiger partial charge is 0.492 e. The molecule has 4 nitrogen and oxygen atoms in total. The molecule has 3 rings (SSSR count). The molecule has 0 aliphatic rings. The topological polar surface area (TPSA) is 54.1 Å². The van der Waals surface area contributed by atoms with Crippen LogP contribution in [0.4, 0.5) is 0 Å². The molecule has 1 heterocycles. The quantitative estimate of drug-likeness (QED) is 0.556. The second-order valence-corrected chi connectivity index (χ2v) is 5.43. The molecule has 0 saturated heterocycles. The maximum Gasteiger partial charge on any atom is 0.254 e. The van der Waals surface area contributed by atoms with Crippen LogP contribution in [-0.4, -0.2) is 24.0 Å². The van der Waals surface area contributed by atoms with E-state index in [-0.39, 0.29) is 5.91 Å². The van der Waals surface area contributed by atoms with Gasteiger partial charge in [0.1, 0.15) is 17.0 Å². The van der Waals surface area contributed by atoms with E-state index in [0.717, 1.165) is 11.1 Å². The number of nitrogens with one attached hydrogen (secondary N) is 2. The zero-order chi connectivity index (χ0) is 16.1. The SMILES string of the molecule is O=C(NCCOc1ccc2ccccc2c1)c1ccc[nH]c1=S. The summed E-state index contributed by atoms with van der Waals surface area (Å²) in [5.41, 5.74) is 0.466. The fraction of sp³-hybridized carbons (Fsp3) is 0.111.